The van der Waals surface area contributed by atoms with Gasteiger partial charge in [0.25, 0.3) is 0 Å². The van der Waals surface area contributed by atoms with Crippen LogP contribution in [0.3, 0.4) is 0 Å². The second-order valence-electron chi connectivity index (χ2n) is 6.75. The van der Waals surface area contributed by atoms with Gasteiger partial charge in [-0.2, -0.15) is 0 Å². The second kappa shape index (κ2) is 10.0. The van der Waals surface area contributed by atoms with Gasteiger partial charge in [0.15, 0.2) is 0 Å². The van der Waals surface area contributed by atoms with Crippen molar-refractivity contribution in [2.24, 2.45) is 5.92 Å². The van der Waals surface area contributed by atoms with Crippen molar-refractivity contribution in [2.45, 2.75) is 76.4 Å². The van der Waals surface area contributed by atoms with E-state index in [1.54, 1.807) is 0 Å². The van der Waals surface area contributed by atoms with E-state index in [-0.39, 0.29) is 5.92 Å². The summed E-state index contributed by atoms with van der Waals surface area (Å²) in [4.78, 5) is 9.49. The second-order valence-corrected chi connectivity index (χ2v) is 6.75. The predicted octanol–water partition coefficient (Wildman–Crippen LogP) is 5.44. The van der Waals surface area contributed by atoms with Gasteiger partial charge < -0.3 is 0 Å². The highest BCUT2D eigenvalue weighted by atomic mass is 17.2. The van der Waals surface area contributed by atoms with Crippen LogP contribution in [-0.2, 0) is 16.2 Å². The monoisotopic (exact) mass is 322 g/mol. The zero-order valence-corrected chi connectivity index (χ0v) is 14.0. The van der Waals surface area contributed by atoms with Crippen LogP contribution in [0.4, 0.5) is 0 Å². The molecule has 23 heavy (non-hydrogen) atoms. The Morgan fingerprint density at radius 3 is 2.00 bits per heavy atom. The van der Waals surface area contributed by atoms with Crippen LogP contribution in [0.15, 0.2) is 30.3 Å². The summed E-state index contributed by atoms with van der Waals surface area (Å²) in [7, 11) is 0. The SMILES string of the molecule is OOC1(OO)CCCCCCCCCCC1Cc1ccccc1. The van der Waals surface area contributed by atoms with Crippen LogP contribution in [0.5, 0.6) is 0 Å². The Hall–Kier alpha value is -0.940. The van der Waals surface area contributed by atoms with Crippen LogP contribution >= 0.6 is 0 Å². The molecule has 1 aliphatic rings. The molecule has 0 spiro atoms. The van der Waals surface area contributed by atoms with Crippen LogP contribution < -0.4 is 0 Å². The third-order valence-corrected chi connectivity index (χ3v) is 5.08. The maximum Gasteiger partial charge on any atom is 0.236 e. The highest BCUT2D eigenvalue weighted by Crippen LogP contribution is 2.35. The first-order valence-electron chi connectivity index (χ1n) is 9.00. The lowest BCUT2D eigenvalue weighted by molar-refractivity contribution is -0.502. The lowest BCUT2D eigenvalue weighted by atomic mass is 9.83. The predicted molar refractivity (Wildman–Crippen MR) is 90.0 cm³/mol. The van der Waals surface area contributed by atoms with Gasteiger partial charge in [0, 0.05) is 12.3 Å². The molecule has 0 saturated heterocycles. The largest absolute Gasteiger partial charge is 0.249 e. The Labute approximate surface area is 139 Å². The maximum absolute atomic E-state index is 9.51. The summed E-state index contributed by atoms with van der Waals surface area (Å²) in [5, 5.41) is 19.0. The summed E-state index contributed by atoms with van der Waals surface area (Å²) in [5.74, 6) is -1.38. The third-order valence-electron chi connectivity index (χ3n) is 5.08. The third kappa shape index (κ3) is 5.57. The van der Waals surface area contributed by atoms with Crippen molar-refractivity contribution in [2.75, 3.05) is 0 Å². The number of rotatable bonds is 4. The van der Waals surface area contributed by atoms with Crippen LogP contribution in [0.1, 0.15) is 69.8 Å². The minimum atomic E-state index is -1.31. The van der Waals surface area contributed by atoms with Gasteiger partial charge in [-0.1, -0.05) is 75.3 Å². The maximum atomic E-state index is 9.51. The van der Waals surface area contributed by atoms with Crippen molar-refractivity contribution in [3.05, 3.63) is 35.9 Å². The first-order valence-corrected chi connectivity index (χ1v) is 9.00. The van der Waals surface area contributed by atoms with Gasteiger partial charge in [-0.15, -0.1) is 0 Å². The lowest BCUT2D eigenvalue weighted by Crippen LogP contribution is -2.43. The van der Waals surface area contributed by atoms with Crippen molar-refractivity contribution < 1.29 is 20.3 Å². The van der Waals surface area contributed by atoms with E-state index in [1.165, 1.54) is 37.7 Å². The molecule has 1 fully saturated rings. The minimum absolute atomic E-state index is 0.0701. The van der Waals surface area contributed by atoms with Crippen molar-refractivity contribution in [3.63, 3.8) is 0 Å². The molecule has 0 aromatic heterocycles. The summed E-state index contributed by atoms with van der Waals surface area (Å²) >= 11 is 0. The van der Waals surface area contributed by atoms with E-state index < -0.39 is 5.79 Å². The van der Waals surface area contributed by atoms with Gasteiger partial charge in [0.1, 0.15) is 0 Å². The smallest absolute Gasteiger partial charge is 0.236 e. The Morgan fingerprint density at radius 1 is 0.826 bits per heavy atom. The van der Waals surface area contributed by atoms with E-state index in [0.29, 0.717) is 6.42 Å². The molecule has 0 heterocycles. The summed E-state index contributed by atoms with van der Waals surface area (Å²) < 4.78 is 0. The van der Waals surface area contributed by atoms with E-state index >= 15 is 0 Å². The van der Waals surface area contributed by atoms with Gasteiger partial charge in [0.2, 0.25) is 5.79 Å². The summed E-state index contributed by atoms with van der Waals surface area (Å²) in [6, 6.07) is 10.1. The van der Waals surface area contributed by atoms with E-state index in [0.717, 1.165) is 32.1 Å². The molecular formula is C19H30O4. The number of hydrogen-bond donors (Lipinski definition) is 2. The topological polar surface area (TPSA) is 58.9 Å². The molecule has 130 valence electrons. The van der Waals surface area contributed by atoms with E-state index in [9.17, 15) is 10.5 Å². The summed E-state index contributed by atoms with van der Waals surface area (Å²) in [6.07, 6.45) is 11.3. The normalized spacial score (nSPS) is 23.7. The van der Waals surface area contributed by atoms with Gasteiger partial charge in [-0.3, -0.25) is 0 Å². The Balaban J connectivity index is 2.13. The molecule has 4 heteroatoms. The van der Waals surface area contributed by atoms with Gasteiger partial charge in [-0.05, 0) is 24.8 Å². The average Bonchev–Trinajstić information content (AvgIpc) is 2.59. The fraction of sp³-hybridized carbons (Fsp3) is 0.684. The molecule has 1 saturated carbocycles. The van der Waals surface area contributed by atoms with Crippen LogP contribution in [-0.4, -0.2) is 16.3 Å². The highest BCUT2D eigenvalue weighted by molar-refractivity contribution is 5.15. The molecule has 2 rings (SSSR count). The summed E-state index contributed by atoms with van der Waals surface area (Å²) in [6.45, 7) is 0. The molecule has 0 amide bonds. The van der Waals surface area contributed by atoms with Gasteiger partial charge in [-0.25, -0.2) is 20.3 Å². The molecule has 1 aromatic rings. The fourth-order valence-electron chi connectivity index (χ4n) is 3.66. The molecule has 1 unspecified atom stereocenters. The molecule has 0 radical (unpaired) electrons. The average molecular weight is 322 g/mol. The molecule has 2 N–H and O–H groups in total. The molecule has 0 aliphatic heterocycles. The molecule has 1 aromatic carbocycles. The van der Waals surface area contributed by atoms with Crippen LogP contribution in [0, 0.1) is 5.92 Å². The first kappa shape index (κ1) is 18.4. The first-order chi connectivity index (χ1) is 11.3. The van der Waals surface area contributed by atoms with Crippen molar-refractivity contribution >= 4 is 0 Å². The minimum Gasteiger partial charge on any atom is -0.249 e. The van der Waals surface area contributed by atoms with Crippen molar-refractivity contribution in [3.8, 4) is 0 Å². The Morgan fingerprint density at radius 2 is 1.39 bits per heavy atom. The number of hydrogen-bond acceptors (Lipinski definition) is 4. The van der Waals surface area contributed by atoms with Crippen molar-refractivity contribution in [1.29, 1.82) is 0 Å². The zero-order chi connectivity index (χ0) is 16.4. The molecule has 0 bridgehead atoms. The van der Waals surface area contributed by atoms with E-state index in [4.69, 9.17) is 9.78 Å². The summed E-state index contributed by atoms with van der Waals surface area (Å²) in [5.41, 5.74) is 1.17. The molecule has 1 aliphatic carbocycles. The molecule has 4 nitrogen and oxygen atoms in total. The number of benzene rings is 1. The zero-order valence-electron chi connectivity index (χ0n) is 14.0. The molecular weight excluding hydrogens is 292 g/mol. The quantitative estimate of drug-likeness (QED) is 0.440. The van der Waals surface area contributed by atoms with E-state index in [2.05, 4.69) is 12.1 Å². The lowest BCUT2D eigenvalue weighted by Gasteiger charge is -2.35. The van der Waals surface area contributed by atoms with Crippen LogP contribution in [0.25, 0.3) is 0 Å². The molecule has 1 atom stereocenters. The highest BCUT2D eigenvalue weighted by Gasteiger charge is 2.42. The van der Waals surface area contributed by atoms with Gasteiger partial charge >= 0.3 is 0 Å². The Kier molecular flexibility index (Phi) is 8.03. The Bertz CT molecular complexity index is 417. The van der Waals surface area contributed by atoms with E-state index in [1.807, 2.05) is 18.2 Å². The standard InChI is InChI=1S/C19H30O4/c20-22-19(23-21)15-11-6-4-2-1-3-5-10-14-18(19)16-17-12-8-7-9-13-17/h7-9,12-13,18,20-21H,1-6,10-11,14-16H2. The van der Waals surface area contributed by atoms with Crippen LogP contribution in [0.2, 0.25) is 0 Å². The fourth-order valence-corrected chi connectivity index (χ4v) is 3.66. The van der Waals surface area contributed by atoms with Gasteiger partial charge in [0.05, 0.1) is 0 Å². The van der Waals surface area contributed by atoms with Crippen molar-refractivity contribution in [1.82, 2.24) is 0 Å².